The van der Waals surface area contributed by atoms with Gasteiger partial charge in [-0.15, -0.1) is 0 Å². The van der Waals surface area contributed by atoms with Crippen molar-refractivity contribution in [2.45, 2.75) is 6.04 Å². The minimum atomic E-state index is -0.949. The molecule has 8 heteroatoms. The summed E-state index contributed by atoms with van der Waals surface area (Å²) >= 11 is 3.29. The van der Waals surface area contributed by atoms with E-state index in [0.29, 0.717) is 5.56 Å². The van der Waals surface area contributed by atoms with Crippen molar-refractivity contribution in [3.63, 3.8) is 0 Å². The summed E-state index contributed by atoms with van der Waals surface area (Å²) in [4.78, 5) is 33.6. The number of halogens is 1. The largest absolute Gasteiger partial charge is 0.468 e. The number of carbonyl (C=O) groups excluding carboxylic acids is 3. The number of benzene rings is 1. The average molecular weight is 344 g/mol. The van der Waals surface area contributed by atoms with Gasteiger partial charge in [0.1, 0.15) is 6.04 Å². The number of imide groups is 1. The Morgan fingerprint density at radius 1 is 1.30 bits per heavy atom. The predicted molar refractivity (Wildman–Crippen MR) is 74.6 cm³/mol. The van der Waals surface area contributed by atoms with Crippen LogP contribution in [0.1, 0.15) is 11.6 Å². The maximum absolute atomic E-state index is 11.7. The van der Waals surface area contributed by atoms with Crippen LogP contribution < -0.4 is 16.4 Å². The lowest BCUT2D eigenvalue weighted by molar-refractivity contribution is -0.143. The number of primary amides is 1. The number of urea groups is 1. The molecule has 108 valence electrons. The van der Waals surface area contributed by atoms with Crippen molar-refractivity contribution in [2.24, 2.45) is 5.73 Å². The minimum absolute atomic E-state index is 0.251. The van der Waals surface area contributed by atoms with Crippen LogP contribution in [0.15, 0.2) is 28.7 Å². The molecule has 1 atom stereocenters. The first-order valence-corrected chi connectivity index (χ1v) is 6.39. The van der Waals surface area contributed by atoms with E-state index in [1.165, 1.54) is 7.11 Å². The van der Waals surface area contributed by atoms with Crippen LogP contribution in [0.3, 0.4) is 0 Å². The third-order valence-electron chi connectivity index (χ3n) is 2.37. The number of rotatable bonds is 5. The van der Waals surface area contributed by atoms with Gasteiger partial charge in [0.05, 0.1) is 13.7 Å². The van der Waals surface area contributed by atoms with Crippen molar-refractivity contribution in [3.05, 3.63) is 34.3 Å². The lowest BCUT2D eigenvalue weighted by Crippen LogP contribution is -2.42. The summed E-state index contributed by atoms with van der Waals surface area (Å²) in [5.41, 5.74) is 5.45. The molecule has 0 aromatic heterocycles. The monoisotopic (exact) mass is 343 g/mol. The van der Waals surface area contributed by atoms with Crippen LogP contribution in [-0.2, 0) is 14.3 Å². The minimum Gasteiger partial charge on any atom is -0.468 e. The van der Waals surface area contributed by atoms with Crippen molar-refractivity contribution in [1.82, 2.24) is 10.6 Å². The zero-order chi connectivity index (χ0) is 15.1. The fourth-order valence-electron chi connectivity index (χ4n) is 1.49. The highest BCUT2D eigenvalue weighted by Gasteiger charge is 2.21. The molecule has 0 bridgehead atoms. The van der Waals surface area contributed by atoms with Crippen LogP contribution >= 0.6 is 15.9 Å². The quantitative estimate of drug-likeness (QED) is 0.672. The number of hydrogen-bond acceptors (Lipinski definition) is 5. The molecule has 0 aliphatic heterocycles. The molecule has 1 aromatic carbocycles. The third kappa shape index (κ3) is 4.98. The number of ether oxygens (including phenoxy) is 1. The first kappa shape index (κ1) is 16.1. The predicted octanol–water partition coefficient (Wildman–Crippen LogP) is 0.448. The zero-order valence-electron chi connectivity index (χ0n) is 10.7. The Balaban J connectivity index is 2.75. The molecule has 4 N–H and O–H groups in total. The molecule has 0 heterocycles. The highest BCUT2D eigenvalue weighted by Crippen LogP contribution is 2.17. The molecular weight excluding hydrogens is 330 g/mol. The van der Waals surface area contributed by atoms with Crippen LogP contribution in [-0.4, -0.2) is 31.6 Å². The maximum atomic E-state index is 11.7. The first-order chi connectivity index (χ1) is 9.43. The van der Waals surface area contributed by atoms with E-state index in [4.69, 9.17) is 5.73 Å². The van der Waals surface area contributed by atoms with E-state index >= 15 is 0 Å². The van der Waals surface area contributed by atoms with Crippen molar-refractivity contribution in [3.8, 4) is 0 Å². The molecule has 7 nitrogen and oxygen atoms in total. The number of hydrogen-bond donors (Lipinski definition) is 3. The lowest BCUT2D eigenvalue weighted by atomic mass is 10.1. The summed E-state index contributed by atoms with van der Waals surface area (Å²) < 4.78 is 5.53. The molecular formula is C12H14BrN3O4. The second-order valence-corrected chi connectivity index (χ2v) is 4.72. The van der Waals surface area contributed by atoms with Gasteiger partial charge in [0.25, 0.3) is 0 Å². The van der Waals surface area contributed by atoms with Crippen molar-refractivity contribution >= 4 is 33.8 Å². The van der Waals surface area contributed by atoms with Gasteiger partial charge >= 0.3 is 12.0 Å². The highest BCUT2D eigenvalue weighted by molar-refractivity contribution is 9.10. The summed E-state index contributed by atoms with van der Waals surface area (Å²) in [6.45, 7) is -0.251. The van der Waals surface area contributed by atoms with Crippen LogP contribution in [0.5, 0.6) is 0 Å². The Labute approximate surface area is 124 Å². The Kier molecular flexibility index (Phi) is 6.13. The number of methoxy groups -OCH3 is 1. The van der Waals surface area contributed by atoms with Crippen LogP contribution in [0.4, 0.5) is 4.79 Å². The topological polar surface area (TPSA) is 111 Å². The Morgan fingerprint density at radius 3 is 2.40 bits per heavy atom. The van der Waals surface area contributed by atoms with Gasteiger partial charge in [-0.2, -0.15) is 0 Å². The Morgan fingerprint density at radius 2 is 1.90 bits per heavy atom. The third-order valence-corrected chi connectivity index (χ3v) is 2.90. The van der Waals surface area contributed by atoms with Crippen LogP contribution in [0.25, 0.3) is 0 Å². The van der Waals surface area contributed by atoms with E-state index in [1.54, 1.807) is 24.3 Å². The van der Waals surface area contributed by atoms with E-state index in [2.05, 4.69) is 26.0 Å². The summed E-state index contributed by atoms with van der Waals surface area (Å²) in [5.74, 6) is -1.18. The van der Waals surface area contributed by atoms with E-state index in [0.717, 1.165) is 4.47 Å². The number of carbonyl (C=O) groups is 3. The molecule has 1 rings (SSSR count). The van der Waals surface area contributed by atoms with Gasteiger partial charge in [0.2, 0.25) is 5.91 Å². The van der Waals surface area contributed by atoms with Gasteiger partial charge in [0.15, 0.2) is 0 Å². The molecule has 0 aliphatic rings. The Hall–Kier alpha value is -1.93. The van der Waals surface area contributed by atoms with E-state index in [1.807, 2.05) is 5.32 Å². The Bertz CT molecular complexity index is 504. The van der Waals surface area contributed by atoms with Crippen molar-refractivity contribution in [1.29, 1.82) is 0 Å². The number of nitrogens with two attached hydrogens (primary N) is 1. The summed E-state index contributed by atoms with van der Waals surface area (Å²) in [5, 5.41) is 4.60. The zero-order valence-corrected chi connectivity index (χ0v) is 12.3. The fraction of sp³-hybridized carbons (Fsp3) is 0.250. The molecule has 1 aromatic rings. The van der Waals surface area contributed by atoms with Gasteiger partial charge in [-0.3, -0.25) is 15.4 Å². The second-order valence-electron chi connectivity index (χ2n) is 3.80. The van der Waals surface area contributed by atoms with Gasteiger partial charge in [-0.1, -0.05) is 28.1 Å². The standard InChI is InChI=1S/C12H14BrN3O4/c1-20-11(18)10(7-2-4-8(13)5-3-7)15-6-9(17)16-12(14)19/h2-5,10,15H,6H2,1H3,(H3,14,16,17,19)/t10-/m0/s1. The molecule has 0 aliphatic carbocycles. The molecule has 0 saturated heterocycles. The van der Waals surface area contributed by atoms with Crippen molar-refractivity contribution in [2.75, 3.05) is 13.7 Å². The molecule has 0 fully saturated rings. The molecule has 0 saturated carbocycles. The van der Waals surface area contributed by atoms with Crippen LogP contribution in [0, 0.1) is 0 Å². The van der Waals surface area contributed by atoms with E-state index in [-0.39, 0.29) is 6.54 Å². The highest BCUT2D eigenvalue weighted by atomic mass is 79.9. The summed E-state index contributed by atoms with van der Waals surface area (Å²) in [7, 11) is 1.25. The van der Waals surface area contributed by atoms with Gasteiger partial charge in [-0.25, -0.2) is 9.59 Å². The molecule has 0 unspecified atom stereocenters. The average Bonchev–Trinajstić information content (AvgIpc) is 2.39. The molecule has 20 heavy (non-hydrogen) atoms. The molecule has 0 radical (unpaired) electrons. The van der Waals surface area contributed by atoms with Crippen molar-refractivity contribution < 1.29 is 19.1 Å². The number of amides is 3. The summed E-state index contributed by atoms with van der Waals surface area (Å²) in [6, 6.07) is 5.18. The normalized spacial score (nSPS) is 11.5. The number of esters is 1. The van der Waals surface area contributed by atoms with Gasteiger partial charge in [-0.05, 0) is 17.7 Å². The lowest BCUT2D eigenvalue weighted by Gasteiger charge is -2.16. The van der Waals surface area contributed by atoms with Crippen LogP contribution in [0.2, 0.25) is 0 Å². The second kappa shape index (κ2) is 7.61. The smallest absolute Gasteiger partial charge is 0.327 e. The number of nitrogens with one attached hydrogen (secondary N) is 2. The first-order valence-electron chi connectivity index (χ1n) is 5.60. The molecule has 3 amide bonds. The van der Waals surface area contributed by atoms with E-state index < -0.39 is 23.9 Å². The SMILES string of the molecule is COC(=O)[C@@H](NCC(=O)NC(N)=O)c1ccc(Br)cc1. The molecule has 0 spiro atoms. The maximum Gasteiger partial charge on any atom is 0.327 e. The van der Waals surface area contributed by atoms with Gasteiger partial charge < -0.3 is 10.5 Å². The fourth-order valence-corrected chi connectivity index (χ4v) is 1.75. The summed E-state index contributed by atoms with van der Waals surface area (Å²) in [6.07, 6.45) is 0. The van der Waals surface area contributed by atoms with Gasteiger partial charge in [0, 0.05) is 4.47 Å². The van der Waals surface area contributed by atoms with E-state index in [9.17, 15) is 14.4 Å².